The fraction of sp³-hybridized carbons (Fsp3) is 0. The van der Waals surface area contributed by atoms with E-state index in [0.29, 0.717) is 0 Å². The first-order valence-corrected chi connectivity index (χ1v) is 3.32. The van der Waals surface area contributed by atoms with Gasteiger partial charge in [-0.1, -0.05) is 0 Å². The van der Waals surface area contributed by atoms with Gasteiger partial charge in [-0.3, -0.25) is 9.78 Å². The van der Waals surface area contributed by atoms with Crippen LogP contribution in [0.5, 0.6) is 0 Å². The third-order valence-corrected chi connectivity index (χ3v) is 1.53. The van der Waals surface area contributed by atoms with E-state index in [1.165, 1.54) is 17.4 Å². The zero-order valence-electron chi connectivity index (χ0n) is 4.65. The summed E-state index contributed by atoms with van der Waals surface area (Å²) >= 11 is 1.51. The van der Waals surface area contributed by atoms with Gasteiger partial charge < -0.3 is 0 Å². The molecular weight excluding hydrogens is 134 g/mol. The van der Waals surface area contributed by atoms with Crippen LogP contribution in [-0.2, 0) is 4.79 Å². The maximum Gasteiger partial charge on any atom is 0.142 e. The van der Waals surface area contributed by atoms with E-state index in [9.17, 15) is 4.79 Å². The third kappa shape index (κ3) is 1.77. The molecule has 0 amide bonds. The number of carbonyl (C=O) groups is 1. The Morgan fingerprint density at radius 2 is 2.56 bits per heavy atom. The predicted octanol–water partition coefficient (Wildman–Crippen LogP) is 1.36. The summed E-state index contributed by atoms with van der Waals surface area (Å²) in [5, 5.41) is 0. The minimum absolute atomic E-state index is 0.750. The van der Waals surface area contributed by atoms with E-state index in [1.807, 2.05) is 0 Å². The van der Waals surface area contributed by atoms with Crippen molar-refractivity contribution in [1.29, 1.82) is 0 Å². The molecule has 0 radical (unpaired) electrons. The lowest BCUT2D eigenvalue weighted by Crippen LogP contribution is -1.59. The molecule has 0 unspecified atom stereocenters. The Bertz CT molecular complexity index is 203. The molecule has 0 aliphatic heterocycles. The van der Waals surface area contributed by atoms with Gasteiger partial charge in [-0.05, 0) is 12.2 Å². The van der Waals surface area contributed by atoms with E-state index in [4.69, 9.17) is 0 Å². The molecule has 0 bridgehead atoms. The van der Waals surface area contributed by atoms with E-state index < -0.39 is 0 Å². The smallest absolute Gasteiger partial charge is 0.142 e. The number of allylic oxidation sites excluding steroid dienone is 1. The Morgan fingerprint density at radius 3 is 3.11 bits per heavy atom. The van der Waals surface area contributed by atoms with Gasteiger partial charge >= 0.3 is 0 Å². The largest absolute Gasteiger partial charge is 0.299 e. The second-order valence-electron chi connectivity index (χ2n) is 1.40. The van der Waals surface area contributed by atoms with Crippen LogP contribution in [-0.4, -0.2) is 11.3 Å². The molecule has 9 heavy (non-hydrogen) atoms. The molecule has 1 aromatic heterocycles. The third-order valence-electron chi connectivity index (χ3n) is 0.790. The number of hydrogen-bond acceptors (Lipinski definition) is 3. The van der Waals surface area contributed by atoms with Crippen LogP contribution in [0.15, 0.2) is 17.8 Å². The Morgan fingerprint density at radius 1 is 1.67 bits per heavy atom. The molecule has 1 heterocycles. The van der Waals surface area contributed by atoms with Crippen molar-refractivity contribution in [2.24, 2.45) is 0 Å². The molecule has 0 saturated carbocycles. The summed E-state index contributed by atoms with van der Waals surface area (Å²) in [4.78, 5) is 14.6. The van der Waals surface area contributed by atoms with E-state index in [2.05, 4.69) is 4.98 Å². The highest BCUT2D eigenvalue weighted by molar-refractivity contribution is 7.10. The average Bonchev–Trinajstić information content (AvgIpc) is 2.34. The maximum absolute atomic E-state index is 9.80. The lowest BCUT2D eigenvalue weighted by Gasteiger charge is -1.72. The summed E-state index contributed by atoms with van der Waals surface area (Å²) in [6.07, 6.45) is 5.64. The van der Waals surface area contributed by atoms with Crippen LogP contribution in [0.1, 0.15) is 4.88 Å². The molecule has 1 rings (SSSR count). The monoisotopic (exact) mass is 139 g/mol. The van der Waals surface area contributed by atoms with Crippen molar-refractivity contribution in [3.05, 3.63) is 22.7 Å². The molecule has 2 nitrogen and oxygen atoms in total. The highest BCUT2D eigenvalue weighted by atomic mass is 32.1. The first kappa shape index (κ1) is 6.16. The summed E-state index contributed by atoms with van der Waals surface area (Å²) in [7, 11) is 0. The second-order valence-corrected chi connectivity index (χ2v) is 2.32. The summed E-state index contributed by atoms with van der Waals surface area (Å²) in [5.74, 6) is 0. The predicted molar refractivity (Wildman–Crippen MR) is 37.2 cm³/mol. The van der Waals surface area contributed by atoms with Crippen LogP contribution in [0, 0.1) is 0 Å². The minimum atomic E-state index is 0.750. The SMILES string of the molecule is O=CC=Cc1cncs1. The fourth-order valence-corrected chi connectivity index (χ4v) is 0.964. The lowest BCUT2D eigenvalue weighted by molar-refractivity contribution is -0.104. The summed E-state index contributed by atoms with van der Waals surface area (Å²) in [6.45, 7) is 0. The molecule has 0 saturated heterocycles. The van der Waals surface area contributed by atoms with Crippen molar-refractivity contribution in [3.8, 4) is 0 Å². The Balaban J connectivity index is 2.67. The Kier molecular flexibility index (Phi) is 2.15. The molecule has 0 aliphatic rings. The molecule has 3 heteroatoms. The van der Waals surface area contributed by atoms with Gasteiger partial charge in [-0.25, -0.2) is 0 Å². The number of rotatable bonds is 2. The highest BCUT2D eigenvalue weighted by Crippen LogP contribution is 2.06. The van der Waals surface area contributed by atoms with Crippen molar-refractivity contribution < 1.29 is 4.79 Å². The molecular formula is C6H5NOS. The molecule has 0 N–H and O–H groups in total. The van der Waals surface area contributed by atoms with E-state index in [0.717, 1.165) is 11.2 Å². The second kappa shape index (κ2) is 3.14. The minimum Gasteiger partial charge on any atom is -0.299 e. The number of thiazole rings is 1. The lowest BCUT2D eigenvalue weighted by atomic mass is 10.5. The molecule has 46 valence electrons. The first-order chi connectivity index (χ1) is 4.43. The van der Waals surface area contributed by atoms with Gasteiger partial charge in [0.2, 0.25) is 0 Å². The summed E-state index contributed by atoms with van der Waals surface area (Å²) in [6, 6.07) is 0. The zero-order valence-corrected chi connectivity index (χ0v) is 5.47. The van der Waals surface area contributed by atoms with Crippen LogP contribution >= 0.6 is 11.3 Å². The van der Waals surface area contributed by atoms with Crippen LogP contribution < -0.4 is 0 Å². The highest BCUT2D eigenvalue weighted by Gasteiger charge is 1.83. The first-order valence-electron chi connectivity index (χ1n) is 2.44. The fourth-order valence-electron chi connectivity index (χ4n) is 0.442. The van der Waals surface area contributed by atoms with Gasteiger partial charge in [0.05, 0.1) is 5.51 Å². The molecule has 0 aliphatic carbocycles. The maximum atomic E-state index is 9.80. The Labute approximate surface area is 56.9 Å². The number of aromatic nitrogens is 1. The van der Waals surface area contributed by atoms with E-state index in [-0.39, 0.29) is 0 Å². The molecule has 1 aromatic rings. The van der Waals surface area contributed by atoms with Gasteiger partial charge in [-0.2, -0.15) is 0 Å². The van der Waals surface area contributed by atoms with Gasteiger partial charge in [0.1, 0.15) is 6.29 Å². The standard InChI is InChI=1S/C6H5NOS/c8-3-1-2-6-4-7-5-9-6/h1-5H. The van der Waals surface area contributed by atoms with Crippen molar-refractivity contribution >= 4 is 23.7 Å². The molecule has 0 atom stereocenters. The van der Waals surface area contributed by atoms with Crippen LogP contribution in [0.4, 0.5) is 0 Å². The van der Waals surface area contributed by atoms with Gasteiger partial charge in [0, 0.05) is 11.1 Å². The van der Waals surface area contributed by atoms with Gasteiger partial charge in [-0.15, -0.1) is 11.3 Å². The molecule has 0 aromatic carbocycles. The number of hydrogen-bond donors (Lipinski definition) is 0. The molecule has 0 fully saturated rings. The van der Waals surface area contributed by atoms with Gasteiger partial charge in [0.25, 0.3) is 0 Å². The van der Waals surface area contributed by atoms with Crippen LogP contribution in [0.3, 0.4) is 0 Å². The van der Waals surface area contributed by atoms with Crippen molar-refractivity contribution in [2.45, 2.75) is 0 Å². The molecule has 0 spiro atoms. The van der Waals surface area contributed by atoms with Crippen LogP contribution in [0.2, 0.25) is 0 Å². The van der Waals surface area contributed by atoms with E-state index in [1.54, 1.807) is 17.8 Å². The van der Waals surface area contributed by atoms with Crippen molar-refractivity contribution in [3.63, 3.8) is 0 Å². The summed E-state index contributed by atoms with van der Waals surface area (Å²) in [5.41, 5.74) is 1.73. The number of carbonyl (C=O) groups excluding carboxylic acids is 1. The Hall–Kier alpha value is -0.960. The zero-order chi connectivity index (χ0) is 6.53. The van der Waals surface area contributed by atoms with Gasteiger partial charge in [0.15, 0.2) is 0 Å². The van der Waals surface area contributed by atoms with Crippen molar-refractivity contribution in [2.75, 3.05) is 0 Å². The average molecular weight is 139 g/mol. The van der Waals surface area contributed by atoms with Crippen molar-refractivity contribution in [1.82, 2.24) is 4.98 Å². The number of nitrogens with zero attached hydrogens (tertiary/aromatic N) is 1. The normalized spacial score (nSPS) is 10.2. The summed E-state index contributed by atoms with van der Waals surface area (Å²) < 4.78 is 0. The number of aldehydes is 1. The topological polar surface area (TPSA) is 30.0 Å². The van der Waals surface area contributed by atoms with Crippen LogP contribution in [0.25, 0.3) is 6.08 Å². The van der Waals surface area contributed by atoms with E-state index >= 15 is 0 Å². The quantitative estimate of drug-likeness (QED) is 0.457.